The number of alkyl halides is 3. The number of halogens is 3. The molecule has 1 rings (SSSR count). The van der Waals surface area contributed by atoms with E-state index in [9.17, 15) is 18.0 Å². The van der Waals surface area contributed by atoms with Crippen LogP contribution in [0.4, 0.5) is 13.2 Å². The molecule has 0 saturated heterocycles. The van der Waals surface area contributed by atoms with Gasteiger partial charge >= 0.3 is 12.1 Å². The highest BCUT2D eigenvalue weighted by Crippen LogP contribution is 2.32. The molecule has 0 aromatic carbocycles. The lowest BCUT2D eigenvalue weighted by molar-refractivity contribution is -0.143. The van der Waals surface area contributed by atoms with Crippen LogP contribution in [0.5, 0.6) is 0 Å². The van der Waals surface area contributed by atoms with Gasteiger partial charge in [-0.1, -0.05) is 0 Å². The molecule has 0 aliphatic carbocycles. The number of aromatic nitrogens is 1. The zero-order valence-electron chi connectivity index (χ0n) is 8.26. The standard InChI is InChI=1S/C9H10F3NO2/c1-3-15-8(14)6-4-5-13(2)7(6)9(10,11)12/h4-5H,3H2,1-2H3. The largest absolute Gasteiger partial charge is 0.462 e. The molecule has 0 unspecified atom stereocenters. The molecule has 3 nitrogen and oxygen atoms in total. The van der Waals surface area contributed by atoms with Crippen molar-refractivity contribution in [1.82, 2.24) is 4.57 Å². The fraction of sp³-hybridized carbons (Fsp3) is 0.444. The van der Waals surface area contributed by atoms with E-state index in [2.05, 4.69) is 4.74 Å². The van der Waals surface area contributed by atoms with Gasteiger partial charge in [0.15, 0.2) is 0 Å². The second-order valence-electron chi connectivity index (χ2n) is 2.91. The summed E-state index contributed by atoms with van der Waals surface area (Å²) >= 11 is 0. The lowest BCUT2D eigenvalue weighted by atomic mass is 10.2. The Morgan fingerprint density at radius 1 is 1.53 bits per heavy atom. The molecular weight excluding hydrogens is 211 g/mol. The van der Waals surface area contributed by atoms with Crippen LogP contribution in [-0.4, -0.2) is 17.1 Å². The minimum atomic E-state index is -4.56. The van der Waals surface area contributed by atoms with Gasteiger partial charge in [0.1, 0.15) is 5.69 Å². The average Bonchev–Trinajstić information content (AvgIpc) is 2.46. The predicted octanol–water partition coefficient (Wildman–Crippen LogP) is 2.22. The van der Waals surface area contributed by atoms with Gasteiger partial charge in [-0.2, -0.15) is 13.2 Å². The Bertz CT molecular complexity index is 368. The summed E-state index contributed by atoms with van der Waals surface area (Å²) in [5.74, 6) is -0.953. The van der Waals surface area contributed by atoms with E-state index in [4.69, 9.17) is 0 Å². The van der Waals surface area contributed by atoms with E-state index in [-0.39, 0.29) is 6.61 Å². The summed E-state index contributed by atoms with van der Waals surface area (Å²) in [5, 5.41) is 0. The van der Waals surface area contributed by atoms with Gasteiger partial charge in [0.05, 0.1) is 12.2 Å². The first-order valence-electron chi connectivity index (χ1n) is 4.27. The van der Waals surface area contributed by atoms with Crippen molar-refractivity contribution in [2.24, 2.45) is 7.05 Å². The molecule has 0 fully saturated rings. The van der Waals surface area contributed by atoms with Crippen LogP contribution >= 0.6 is 0 Å². The number of carbonyl (C=O) groups is 1. The normalized spacial score (nSPS) is 11.5. The summed E-state index contributed by atoms with van der Waals surface area (Å²) in [5.41, 5.74) is -1.44. The molecule has 0 amide bonds. The maximum absolute atomic E-state index is 12.5. The molecule has 0 N–H and O–H groups in total. The van der Waals surface area contributed by atoms with Crippen molar-refractivity contribution in [2.75, 3.05) is 6.61 Å². The Labute approximate surface area is 84.4 Å². The van der Waals surface area contributed by atoms with Crippen LogP contribution in [-0.2, 0) is 18.0 Å². The quantitative estimate of drug-likeness (QED) is 0.717. The molecule has 0 bridgehead atoms. The number of rotatable bonds is 2. The first-order chi connectivity index (χ1) is 6.88. The summed E-state index contributed by atoms with van der Waals surface area (Å²) in [6.45, 7) is 1.58. The van der Waals surface area contributed by atoms with Crippen LogP contribution in [0.25, 0.3) is 0 Å². The molecule has 15 heavy (non-hydrogen) atoms. The highest BCUT2D eigenvalue weighted by atomic mass is 19.4. The average molecular weight is 221 g/mol. The predicted molar refractivity (Wildman–Crippen MR) is 46.4 cm³/mol. The number of carbonyl (C=O) groups excluding carboxylic acids is 1. The van der Waals surface area contributed by atoms with Crippen molar-refractivity contribution < 1.29 is 22.7 Å². The third-order valence-corrected chi connectivity index (χ3v) is 1.84. The topological polar surface area (TPSA) is 31.2 Å². The number of nitrogens with zero attached hydrogens (tertiary/aromatic N) is 1. The molecule has 0 radical (unpaired) electrons. The summed E-state index contributed by atoms with van der Waals surface area (Å²) in [6, 6.07) is 1.10. The molecule has 0 saturated carbocycles. The molecular formula is C9H10F3NO2. The van der Waals surface area contributed by atoms with Crippen LogP contribution in [0.2, 0.25) is 0 Å². The minimum absolute atomic E-state index is 0.0467. The van der Waals surface area contributed by atoms with Crippen molar-refractivity contribution >= 4 is 5.97 Å². The van der Waals surface area contributed by atoms with E-state index in [1.165, 1.54) is 20.2 Å². The van der Waals surface area contributed by atoms with Crippen LogP contribution in [0.15, 0.2) is 12.3 Å². The van der Waals surface area contributed by atoms with Gasteiger partial charge < -0.3 is 9.30 Å². The molecule has 1 aromatic rings. The molecule has 0 atom stereocenters. The SMILES string of the molecule is CCOC(=O)c1ccn(C)c1C(F)(F)F. The van der Waals surface area contributed by atoms with Gasteiger partial charge in [-0.25, -0.2) is 4.79 Å². The zero-order chi connectivity index (χ0) is 11.6. The number of ether oxygens (including phenoxy) is 1. The Balaban J connectivity index is 3.15. The summed E-state index contributed by atoms with van der Waals surface area (Å²) in [6.07, 6.45) is -3.38. The van der Waals surface area contributed by atoms with Gasteiger partial charge in [-0.3, -0.25) is 0 Å². The van der Waals surface area contributed by atoms with Gasteiger partial charge in [0.25, 0.3) is 0 Å². The molecule has 0 spiro atoms. The van der Waals surface area contributed by atoms with Crippen molar-refractivity contribution in [3.8, 4) is 0 Å². The zero-order valence-corrected chi connectivity index (χ0v) is 8.26. The van der Waals surface area contributed by atoms with E-state index in [0.717, 1.165) is 10.6 Å². The van der Waals surface area contributed by atoms with E-state index in [1.54, 1.807) is 0 Å². The lowest BCUT2D eigenvalue weighted by Crippen LogP contribution is -2.17. The van der Waals surface area contributed by atoms with E-state index in [1.807, 2.05) is 0 Å². The Hall–Kier alpha value is -1.46. The van der Waals surface area contributed by atoms with E-state index >= 15 is 0 Å². The monoisotopic (exact) mass is 221 g/mol. The summed E-state index contributed by atoms with van der Waals surface area (Å²) in [7, 11) is 1.23. The second kappa shape index (κ2) is 3.96. The second-order valence-corrected chi connectivity index (χ2v) is 2.91. The van der Waals surface area contributed by atoms with Gasteiger partial charge in [0.2, 0.25) is 0 Å². The van der Waals surface area contributed by atoms with E-state index < -0.39 is 23.4 Å². The van der Waals surface area contributed by atoms with Crippen LogP contribution < -0.4 is 0 Å². The summed E-state index contributed by atoms with van der Waals surface area (Å²) < 4.78 is 42.9. The van der Waals surface area contributed by atoms with Crippen LogP contribution in [0.1, 0.15) is 23.0 Å². The van der Waals surface area contributed by atoms with Gasteiger partial charge in [-0.05, 0) is 13.0 Å². The molecule has 0 aliphatic heterocycles. The van der Waals surface area contributed by atoms with Gasteiger partial charge in [-0.15, -0.1) is 0 Å². The first kappa shape index (κ1) is 11.6. The molecule has 6 heteroatoms. The fourth-order valence-corrected chi connectivity index (χ4v) is 1.26. The number of esters is 1. The molecule has 84 valence electrons. The highest BCUT2D eigenvalue weighted by molar-refractivity contribution is 5.91. The Morgan fingerprint density at radius 2 is 2.13 bits per heavy atom. The van der Waals surface area contributed by atoms with Crippen molar-refractivity contribution in [3.63, 3.8) is 0 Å². The minimum Gasteiger partial charge on any atom is -0.462 e. The molecule has 1 aromatic heterocycles. The lowest BCUT2D eigenvalue weighted by Gasteiger charge is -2.10. The third kappa shape index (κ3) is 2.31. The summed E-state index contributed by atoms with van der Waals surface area (Å²) in [4.78, 5) is 11.2. The maximum Gasteiger partial charge on any atom is 0.432 e. The Kier molecular flexibility index (Phi) is 3.06. The van der Waals surface area contributed by atoms with Crippen molar-refractivity contribution in [2.45, 2.75) is 13.1 Å². The molecule has 1 heterocycles. The van der Waals surface area contributed by atoms with Crippen molar-refractivity contribution in [1.29, 1.82) is 0 Å². The van der Waals surface area contributed by atoms with Crippen molar-refractivity contribution in [3.05, 3.63) is 23.5 Å². The first-order valence-corrected chi connectivity index (χ1v) is 4.27. The molecule has 0 aliphatic rings. The smallest absolute Gasteiger partial charge is 0.432 e. The number of aryl methyl sites for hydroxylation is 1. The maximum atomic E-state index is 12.5. The Morgan fingerprint density at radius 3 is 2.60 bits per heavy atom. The number of hydrogen-bond donors (Lipinski definition) is 0. The van der Waals surface area contributed by atoms with E-state index in [0.29, 0.717) is 0 Å². The van der Waals surface area contributed by atoms with Crippen LogP contribution in [0.3, 0.4) is 0 Å². The van der Waals surface area contributed by atoms with Gasteiger partial charge in [0, 0.05) is 13.2 Å². The number of hydrogen-bond acceptors (Lipinski definition) is 2. The fourth-order valence-electron chi connectivity index (χ4n) is 1.26. The van der Waals surface area contributed by atoms with Crippen LogP contribution in [0, 0.1) is 0 Å². The third-order valence-electron chi connectivity index (χ3n) is 1.84. The highest BCUT2D eigenvalue weighted by Gasteiger charge is 2.38.